The van der Waals surface area contributed by atoms with Crippen LogP contribution in [0.25, 0.3) is 0 Å². The molecule has 31 heavy (non-hydrogen) atoms. The van der Waals surface area contributed by atoms with E-state index in [4.69, 9.17) is 9.47 Å². The topological polar surface area (TPSA) is 88.6 Å². The molecule has 1 fully saturated rings. The van der Waals surface area contributed by atoms with E-state index in [9.17, 15) is 9.18 Å². The van der Waals surface area contributed by atoms with Crippen molar-refractivity contribution in [3.8, 4) is 5.88 Å². The normalized spacial score (nSPS) is 14.6. The molecule has 1 aromatic carbocycles. The minimum atomic E-state index is -0.382. The molecule has 0 bridgehead atoms. The molecule has 8 nitrogen and oxygen atoms in total. The third-order valence-electron chi connectivity index (χ3n) is 4.65. The SMILES string of the molecule is CC(C)Nc1ccc(Nc2cc(OC3CCN(C(=O)OC(C)C)CC3)ncn2)c(F)c1. The fourth-order valence-electron chi connectivity index (χ4n) is 3.25. The maximum atomic E-state index is 14.4. The van der Waals surface area contributed by atoms with Crippen molar-refractivity contribution in [3.05, 3.63) is 36.4 Å². The van der Waals surface area contributed by atoms with Gasteiger partial charge in [-0.25, -0.2) is 19.2 Å². The van der Waals surface area contributed by atoms with Crippen LogP contribution in [-0.4, -0.2) is 52.3 Å². The van der Waals surface area contributed by atoms with Crippen LogP contribution in [-0.2, 0) is 4.74 Å². The van der Waals surface area contributed by atoms with Gasteiger partial charge in [0.1, 0.15) is 24.1 Å². The number of amides is 1. The van der Waals surface area contributed by atoms with Gasteiger partial charge in [-0.15, -0.1) is 0 Å². The first kappa shape index (κ1) is 22.6. The van der Waals surface area contributed by atoms with Gasteiger partial charge in [0.05, 0.1) is 11.8 Å². The quantitative estimate of drug-likeness (QED) is 0.664. The second kappa shape index (κ2) is 10.3. The Morgan fingerprint density at radius 2 is 1.90 bits per heavy atom. The lowest BCUT2D eigenvalue weighted by Crippen LogP contribution is -2.42. The van der Waals surface area contributed by atoms with E-state index in [2.05, 4.69) is 20.6 Å². The Kier molecular flexibility index (Phi) is 7.49. The average Bonchev–Trinajstić information content (AvgIpc) is 2.70. The van der Waals surface area contributed by atoms with Gasteiger partial charge < -0.3 is 25.0 Å². The molecular formula is C22H30FN5O3. The molecular weight excluding hydrogens is 401 g/mol. The van der Waals surface area contributed by atoms with Gasteiger partial charge in [0, 0.05) is 43.7 Å². The van der Waals surface area contributed by atoms with Crippen LogP contribution in [0.3, 0.4) is 0 Å². The molecule has 0 aliphatic carbocycles. The summed E-state index contributed by atoms with van der Waals surface area (Å²) in [7, 11) is 0. The van der Waals surface area contributed by atoms with Crippen LogP contribution >= 0.6 is 0 Å². The van der Waals surface area contributed by atoms with E-state index in [0.29, 0.717) is 49.0 Å². The van der Waals surface area contributed by atoms with Crippen LogP contribution in [0.4, 0.5) is 26.4 Å². The van der Waals surface area contributed by atoms with Crippen LogP contribution in [0.1, 0.15) is 40.5 Å². The molecule has 0 radical (unpaired) electrons. The van der Waals surface area contributed by atoms with Crippen molar-refractivity contribution in [2.75, 3.05) is 23.7 Å². The standard InChI is InChI=1S/C22H30FN5O3/c1-14(2)26-16-5-6-19(18(23)11-16)27-20-12-21(25-13-24-20)31-17-7-9-28(10-8-17)22(29)30-15(3)4/h5-6,11-15,17,26H,7-10H2,1-4H3,(H,24,25,27). The highest BCUT2D eigenvalue weighted by atomic mass is 19.1. The molecule has 1 aliphatic rings. The zero-order valence-electron chi connectivity index (χ0n) is 18.4. The van der Waals surface area contributed by atoms with E-state index in [0.717, 1.165) is 0 Å². The molecule has 168 valence electrons. The number of likely N-dealkylation sites (tertiary alicyclic amines) is 1. The second-order valence-electron chi connectivity index (χ2n) is 8.10. The van der Waals surface area contributed by atoms with Gasteiger partial charge in [-0.3, -0.25) is 0 Å². The van der Waals surface area contributed by atoms with Gasteiger partial charge in [-0.05, 0) is 45.9 Å². The van der Waals surface area contributed by atoms with E-state index in [-0.39, 0.29) is 30.2 Å². The van der Waals surface area contributed by atoms with Gasteiger partial charge in [0.2, 0.25) is 5.88 Å². The summed E-state index contributed by atoms with van der Waals surface area (Å²) in [6.45, 7) is 8.78. The van der Waals surface area contributed by atoms with Crippen molar-refractivity contribution in [2.24, 2.45) is 0 Å². The summed E-state index contributed by atoms with van der Waals surface area (Å²) in [5, 5.41) is 6.13. The highest BCUT2D eigenvalue weighted by Crippen LogP contribution is 2.25. The summed E-state index contributed by atoms with van der Waals surface area (Å²) in [6.07, 6.45) is 2.24. The lowest BCUT2D eigenvalue weighted by atomic mass is 10.1. The third kappa shape index (κ3) is 6.70. The number of carbonyl (C=O) groups excluding carboxylic acids is 1. The van der Waals surface area contributed by atoms with E-state index in [1.54, 1.807) is 17.0 Å². The number of rotatable bonds is 7. The molecule has 1 aromatic heterocycles. The number of nitrogens with one attached hydrogen (secondary N) is 2. The fraction of sp³-hybridized carbons (Fsp3) is 0.500. The number of aromatic nitrogens is 2. The Hall–Kier alpha value is -3.10. The minimum absolute atomic E-state index is 0.0658. The Balaban J connectivity index is 1.56. The molecule has 1 aliphatic heterocycles. The second-order valence-corrected chi connectivity index (χ2v) is 8.10. The number of ether oxygens (including phenoxy) is 2. The van der Waals surface area contributed by atoms with Crippen molar-refractivity contribution in [3.63, 3.8) is 0 Å². The maximum Gasteiger partial charge on any atom is 0.410 e. The van der Waals surface area contributed by atoms with Crippen LogP contribution in [0, 0.1) is 5.82 Å². The minimum Gasteiger partial charge on any atom is -0.474 e. The highest BCUT2D eigenvalue weighted by Gasteiger charge is 2.25. The molecule has 3 rings (SSSR count). The van der Waals surface area contributed by atoms with Gasteiger partial charge >= 0.3 is 6.09 Å². The van der Waals surface area contributed by atoms with Crippen LogP contribution in [0.2, 0.25) is 0 Å². The summed E-state index contributed by atoms with van der Waals surface area (Å²) in [5.41, 5.74) is 1.03. The van der Waals surface area contributed by atoms with Crippen molar-refractivity contribution < 1.29 is 18.7 Å². The molecule has 9 heteroatoms. The molecule has 0 saturated carbocycles. The molecule has 2 N–H and O–H groups in total. The van der Waals surface area contributed by atoms with Crippen molar-refractivity contribution >= 4 is 23.3 Å². The number of hydrogen-bond acceptors (Lipinski definition) is 7. The Morgan fingerprint density at radius 3 is 2.55 bits per heavy atom. The predicted octanol–water partition coefficient (Wildman–Crippen LogP) is 4.57. The van der Waals surface area contributed by atoms with Gasteiger partial charge in [-0.1, -0.05) is 0 Å². The molecule has 0 unspecified atom stereocenters. The van der Waals surface area contributed by atoms with E-state index in [1.807, 2.05) is 33.8 Å². The molecule has 1 saturated heterocycles. The number of hydrogen-bond donors (Lipinski definition) is 2. The first-order valence-electron chi connectivity index (χ1n) is 10.6. The summed E-state index contributed by atoms with van der Waals surface area (Å²) in [5.74, 6) is 0.456. The first-order valence-corrected chi connectivity index (χ1v) is 10.6. The largest absolute Gasteiger partial charge is 0.474 e. The first-order chi connectivity index (χ1) is 14.8. The zero-order valence-corrected chi connectivity index (χ0v) is 18.4. The van der Waals surface area contributed by atoms with Crippen molar-refractivity contribution in [2.45, 2.75) is 58.8 Å². The fourth-order valence-corrected chi connectivity index (χ4v) is 3.25. The number of benzene rings is 1. The van der Waals surface area contributed by atoms with Crippen molar-refractivity contribution in [1.82, 2.24) is 14.9 Å². The van der Waals surface area contributed by atoms with Crippen LogP contribution < -0.4 is 15.4 Å². The Bertz CT molecular complexity index is 885. The summed E-state index contributed by atoms with van der Waals surface area (Å²) >= 11 is 0. The lowest BCUT2D eigenvalue weighted by molar-refractivity contribution is 0.0507. The number of anilines is 3. The summed E-state index contributed by atoms with van der Waals surface area (Å²) < 4.78 is 25.6. The zero-order chi connectivity index (χ0) is 22.4. The predicted molar refractivity (Wildman–Crippen MR) is 117 cm³/mol. The number of halogens is 1. The molecule has 0 spiro atoms. The van der Waals surface area contributed by atoms with Gasteiger partial charge in [0.25, 0.3) is 0 Å². The number of nitrogens with zero attached hydrogens (tertiary/aromatic N) is 3. The molecule has 2 heterocycles. The number of piperidine rings is 1. The molecule has 2 aromatic rings. The van der Waals surface area contributed by atoms with Crippen molar-refractivity contribution in [1.29, 1.82) is 0 Å². The van der Waals surface area contributed by atoms with Gasteiger partial charge in [-0.2, -0.15) is 0 Å². The molecule has 0 atom stereocenters. The van der Waals surface area contributed by atoms with E-state index in [1.165, 1.54) is 12.4 Å². The Labute approximate surface area is 182 Å². The summed E-state index contributed by atoms with van der Waals surface area (Å²) in [6, 6.07) is 6.77. The van der Waals surface area contributed by atoms with Crippen LogP contribution in [0.15, 0.2) is 30.6 Å². The number of carbonyl (C=O) groups is 1. The van der Waals surface area contributed by atoms with Gasteiger partial charge in [0.15, 0.2) is 0 Å². The molecule has 1 amide bonds. The summed E-state index contributed by atoms with van der Waals surface area (Å²) in [4.78, 5) is 22.0. The average molecular weight is 432 g/mol. The van der Waals surface area contributed by atoms with E-state index < -0.39 is 0 Å². The third-order valence-corrected chi connectivity index (χ3v) is 4.65. The Morgan fingerprint density at radius 1 is 1.16 bits per heavy atom. The van der Waals surface area contributed by atoms with Crippen LogP contribution in [0.5, 0.6) is 5.88 Å². The maximum absolute atomic E-state index is 14.4. The highest BCUT2D eigenvalue weighted by molar-refractivity contribution is 5.67. The van der Waals surface area contributed by atoms with E-state index >= 15 is 0 Å². The monoisotopic (exact) mass is 431 g/mol. The lowest BCUT2D eigenvalue weighted by Gasteiger charge is -2.31. The smallest absolute Gasteiger partial charge is 0.410 e.